The molecule has 0 fully saturated rings. The van der Waals surface area contributed by atoms with Gasteiger partial charge in [0, 0.05) is 0 Å². The molecule has 0 spiro atoms. The first-order valence-electron chi connectivity index (χ1n) is 8.98. The van der Waals surface area contributed by atoms with Gasteiger partial charge in [-0.3, -0.25) is 4.79 Å². The average Bonchev–Trinajstić information content (AvgIpc) is 2.73. The Labute approximate surface area is 180 Å². The molecule has 0 heterocycles. The highest BCUT2D eigenvalue weighted by Gasteiger charge is 2.21. The predicted octanol–water partition coefficient (Wildman–Crippen LogP) is 1.63. The van der Waals surface area contributed by atoms with Gasteiger partial charge in [-0.25, -0.2) is 9.59 Å². The maximum atomic E-state index is 12.1. The number of methoxy groups -OCH3 is 1. The van der Waals surface area contributed by atoms with Crippen LogP contribution in [0.3, 0.4) is 0 Å². The van der Waals surface area contributed by atoms with Crippen molar-refractivity contribution in [2.75, 3.05) is 25.7 Å². The van der Waals surface area contributed by atoms with E-state index in [1.807, 2.05) is 36.6 Å². The first kappa shape index (κ1) is 24.7. The monoisotopic (exact) mass is 441 g/mol. The van der Waals surface area contributed by atoms with Crippen LogP contribution in [0.1, 0.15) is 18.9 Å². The Morgan fingerprint density at radius 2 is 1.86 bits per heavy atom. The zero-order valence-electron chi connectivity index (χ0n) is 16.7. The molecule has 29 heavy (non-hydrogen) atoms. The van der Waals surface area contributed by atoms with E-state index in [0.29, 0.717) is 11.4 Å². The molecule has 0 aromatic heterocycles. The maximum absolute atomic E-state index is 12.1. The topological polar surface area (TPSA) is 106 Å². The van der Waals surface area contributed by atoms with Crippen LogP contribution in [0.15, 0.2) is 30.3 Å². The number of rotatable bonds is 11. The van der Waals surface area contributed by atoms with Gasteiger partial charge in [0.1, 0.15) is 18.7 Å². The number of amides is 2. The van der Waals surface area contributed by atoms with Crippen LogP contribution in [0.5, 0.6) is 0 Å². The summed E-state index contributed by atoms with van der Waals surface area (Å²) in [6.45, 7) is 1.68. The van der Waals surface area contributed by atoms with Gasteiger partial charge in [0.2, 0.25) is 5.91 Å². The first-order valence-corrected chi connectivity index (χ1v) is 10.8. The Balaban J connectivity index is 2.36. The number of ether oxygens (including phenoxy) is 2. The van der Waals surface area contributed by atoms with Gasteiger partial charge in [-0.1, -0.05) is 42.5 Å². The zero-order valence-corrected chi connectivity index (χ0v) is 18.4. The van der Waals surface area contributed by atoms with Crippen molar-refractivity contribution in [1.82, 2.24) is 16.0 Å². The third-order valence-electron chi connectivity index (χ3n) is 3.80. The number of thioether (sulfide) groups is 1. The van der Waals surface area contributed by atoms with Crippen LogP contribution in [0.25, 0.3) is 0 Å². The van der Waals surface area contributed by atoms with E-state index >= 15 is 0 Å². The molecule has 0 radical (unpaired) electrons. The summed E-state index contributed by atoms with van der Waals surface area (Å²) < 4.78 is 9.84. The minimum atomic E-state index is -0.811. The number of nitrogens with one attached hydrogen (secondary N) is 3. The molecule has 0 saturated carbocycles. The Morgan fingerprint density at radius 1 is 1.17 bits per heavy atom. The maximum Gasteiger partial charge on any atom is 0.408 e. The van der Waals surface area contributed by atoms with E-state index in [0.717, 1.165) is 11.3 Å². The number of hydrogen-bond donors (Lipinski definition) is 3. The van der Waals surface area contributed by atoms with Gasteiger partial charge in [0.15, 0.2) is 0 Å². The molecule has 1 aromatic rings. The molecule has 0 bridgehead atoms. The van der Waals surface area contributed by atoms with Gasteiger partial charge in [0.05, 0.1) is 18.6 Å². The number of thiocarbonyl (C=S) groups is 1. The quantitative estimate of drug-likeness (QED) is 0.352. The molecular formula is C19H27N3O5S2. The summed E-state index contributed by atoms with van der Waals surface area (Å²) in [6.07, 6.45) is 1.79. The van der Waals surface area contributed by atoms with Crippen molar-refractivity contribution < 1.29 is 23.9 Å². The van der Waals surface area contributed by atoms with E-state index in [2.05, 4.69) is 16.0 Å². The standard InChI is InChI=1S/C19H27N3O5S2/c1-13(21-19(25)27-12-14-7-5-4-6-8-14)17(23)20-11-16(28)22-15(9-10-29-3)18(24)26-2/h4-8,13,15H,9-12H2,1-3H3,(H,20,23)(H,21,25)(H,22,28)/t13-,15-/m0/s1. The molecule has 10 heteroatoms. The van der Waals surface area contributed by atoms with Crippen LogP contribution in [-0.2, 0) is 25.7 Å². The third kappa shape index (κ3) is 10.1. The van der Waals surface area contributed by atoms with E-state index < -0.39 is 30.1 Å². The van der Waals surface area contributed by atoms with Gasteiger partial charge in [-0.15, -0.1) is 0 Å². The number of carbonyl (C=O) groups is 3. The Hall–Kier alpha value is -2.33. The lowest BCUT2D eigenvalue weighted by Crippen LogP contribution is -2.49. The van der Waals surface area contributed by atoms with E-state index in [4.69, 9.17) is 21.7 Å². The van der Waals surface area contributed by atoms with Crippen LogP contribution in [0.2, 0.25) is 0 Å². The summed E-state index contributed by atoms with van der Waals surface area (Å²) in [7, 11) is 1.31. The molecular weight excluding hydrogens is 414 g/mol. The van der Waals surface area contributed by atoms with Crippen LogP contribution >= 0.6 is 24.0 Å². The van der Waals surface area contributed by atoms with Crippen molar-refractivity contribution in [1.29, 1.82) is 0 Å². The molecule has 160 valence electrons. The SMILES string of the molecule is COC(=O)[C@H](CCSC)NC(=S)CNC(=O)[C@H](C)NC(=O)OCc1ccccc1. The summed E-state index contributed by atoms with van der Waals surface area (Å²) in [5, 5.41) is 7.96. The predicted molar refractivity (Wildman–Crippen MR) is 117 cm³/mol. The van der Waals surface area contributed by atoms with Gasteiger partial charge in [-0.2, -0.15) is 11.8 Å². The molecule has 0 aliphatic carbocycles. The Bertz CT molecular complexity index is 688. The Morgan fingerprint density at radius 3 is 2.48 bits per heavy atom. The first-order chi connectivity index (χ1) is 13.9. The minimum absolute atomic E-state index is 0.0337. The molecule has 1 aromatic carbocycles. The molecule has 0 saturated heterocycles. The molecule has 0 aliphatic rings. The molecule has 0 unspecified atom stereocenters. The largest absolute Gasteiger partial charge is 0.467 e. The fourth-order valence-electron chi connectivity index (χ4n) is 2.20. The van der Waals surface area contributed by atoms with Crippen LogP contribution in [-0.4, -0.2) is 60.7 Å². The molecule has 2 amide bonds. The second-order valence-corrected chi connectivity index (χ2v) is 7.55. The number of alkyl carbamates (subject to hydrolysis) is 1. The molecule has 3 N–H and O–H groups in total. The van der Waals surface area contributed by atoms with Crippen molar-refractivity contribution in [2.24, 2.45) is 0 Å². The third-order valence-corrected chi connectivity index (χ3v) is 4.70. The second-order valence-electron chi connectivity index (χ2n) is 6.07. The normalized spacial score (nSPS) is 12.2. The average molecular weight is 442 g/mol. The lowest BCUT2D eigenvalue weighted by Gasteiger charge is -2.19. The smallest absolute Gasteiger partial charge is 0.408 e. The highest BCUT2D eigenvalue weighted by molar-refractivity contribution is 7.98. The highest BCUT2D eigenvalue weighted by Crippen LogP contribution is 2.03. The van der Waals surface area contributed by atoms with Crippen LogP contribution < -0.4 is 16.0 Å². The number of carbonyl (C=O) groups excluding carboxylic acids is 3. The fraction of sp³-hybridized carbons (Fsp3) is 0.474. The molecule has 1 rings (SSSR count). The summed E-state index contributed by atoms with van der Waals surface area (Å²) in [5.41, 5.74) is 0.845. The lowest BCUT2D eigenvalue weighted by atomic mass is 10.2. The fourth-order valence-corrected chi connectivity index (χ4v) is 2.89. The molecule has 0 aliphatic heterocycles. The van der Waals surface area contributed by atoms with Crippen molar-refractivity contribution >= 4 is 46.9 Å². The summed E-state index contributed by atoms with van der Waals surface area (Å²) in [6, 6.07) is 7.83. The molecule has 8 nitrogen and oxygen atoms in total. The van der Waals surface area contributed by atoms with Gasteiger partial charge >= 0.3 is 12.1 Å². The van der Waals surface area contributed by atoms with Gasteiger partial charge < -0.3 is 25.4 Å². The zero-order chi connectivity index (χ0) is 21.6. The van der Waals surface area contributed by atoms with Crippen LogP contribution in [0, 0.1) is 0 Å². The number of esters is 1. The van der Waals surface area contributed by atoms with E-state index in [9.17, 15) is 14.4 Å². The molecule has 2 atom stereocenters. The second kappa shape index (κ2) is 13.8. The van der Waals surface area contributed by atoms with E-state index in [1.165, 1.54) is 14.0 Å². The summed E-state index contributed by atoms with van der Waals surface area (Å²) in [4.78, 5) is 36.0. The van der Waals surface area contributed by atoms with Crippen molar-refractivity contribution in [3.8, 4) is 0 Å². The van der Waals surface area contributed by atoms with Gasteiger partial charge in [-0.05, 0) is 30.9 Å². The van der Waals surface area contributed by atoms with Crippen LogP contribution in [0.4, 0.5) is 4.79 Å². The Kier molecular flexibility index (Phi) is 11.7. The highest BCUT2D eigenvalue weighted by atomic mass is 32.2. The van der Waals surface area contributed by atoms with Crippen molar-refractivity contribution in [3.05, 3.63) is 35.9 Å². The lowest BCUT2D eigenvalue weighted by molar-refractivity contribution is -0.142. The van der Waals surface area contributed by atoms with E-state index in [-0.39, 0.29) is 13.2 Å². The number of hydrogen-bond acceptors (Lipinski definition) is 7. The summed E-state index contributed by atoms with van der Waals surface area (Å²) >= 11 is 6.79. The summed E-state index contributed by atoms with van der Waals surface area (Å²) in [5.74, 6) is -0.0817. The van der Waals surface area contributed by atoms with Gasteiger partial charge in [0.25, 0.3) is 0 Å². The van der Waals surface area contributed by atoms with E-state index in [1.54, 1.807) is 11.8 Å². The van der Waals surface area contributed by atoms with Crippen molar-refractivity contribution in [3.63, 3.8) is 0 Å². The minimum Gasteiger partial charge on any atom is -0.467 e. The number of benzene rings is 1. The van der Waals surface area contributed by atoms with Crippen molar-refractivity contribution in [2.45, 2.75) is 32.0 Å².